The number of fused-ring (bicyclic) bond motifs is 2. The Kier molecular flexibility index (Phi) is 10.0. The predicted octanol–water partition coefficient (Wildman–Crippen LogP) is 9.31. The largest absolute Gasteiger partial charge is 2.00 e. The molecule has 0 heterocycles. The van der Waals surface area contributed by atoms with E-state index >= 15 is 0 Å². The van der Waals surface area contributed by atoms with Crippen molar-refractivity contribution in [3.63, 3.8) is 0 Å². The molecular weight excluding hydrogens is 524 g/mol. The number of allylic oxidation sites excluding steroid dienone is 4. The van der Waals surface area contributed by atoms with Crippen LogP contribution >= 0.6 is 0 Å². The van der Waals surface area contributed by atoms with Crippen LogP contribution in [0.15, 0.2) is 133 Å². The SMILES string of the molecule is C1=CC([CH-]CC2C=Cc3ccccc32)c2ccccc21.[C-](=CC=Cc1ccccc1)c1ccccc1.[Zr+2]. The maximum atomic E-state index is 3.20. The average Bonchev–Trinajstić information content (AvgIpc) is 3.56. The third kappa shape index (κ3) is 7.37. The summed E-state index contributed by atoms with van der Waals surface area (Å²) in [5.41, 5.74) is 7.97. The molecule has 37 heavy (non-hydrogen) atoms. The average molecular weight is 554 g/mol. The summed E-state index contributed by atoms with van der Waals surface area (Å²) in [7, 11) is 0. The van der Waals surface area contributed by atoms with Crippen molar-refractivity contribution in [2.24, 2.45) is 0 Å². The van der Waals surface area contributed by atoms with Crippen LogP contribution in [0.5, 0.6) is 0 Å². The van der Waals surface area contributed by atoms with E-state index in [1.165, 1.54) is 27.8 Å². The monoisotopic (exact) mass is 552 g/mol. The van der Waals surface area contributed by atoms with Crippen molar-refractivity contribution in [1.29, 1.82) is 0 Å². The quantitative estimate of drug-likeness (QED) is 0.165. The third-order valence-electron chi connectivity index (χ3n) is 6.59. The molecule has 4 aromatic rings. The van der Waals surface area contributed by atoms with E-state index in [9.17, 15) is 0 Å². The van der Waals surface area contributed by atoms with Gasteiger partial charge in [0.25, 0.3) is 0 Å². The Hall–Kier alpha value is -3.28. The fourth-order valence-corrected chi connectivity index (χ4v) is 4.71. The molecule has 0 saturated heterocycles. The van der Waals surface area contributed by atoms with Crippen LogP contribution in [0.25, 0.3) is 18.2 Å². The summed E-state index contributed by atoms with van der Waals surface area (Å²) in [5, 5.41) is 0. The molecular formula is C36H30Zr. The smallest absolute Gasteiger partial charge is 0.317 e. The van der Waals surface area contributed by atoms with Gasteiger partial charge in [-0.15, -0.1) is 60.1 Å². The molecule has 6 rings (SSSR count). The first kappa shape index (κ1) is 26.8. The molecule has 0 radical (unpaired) electrons. The van der Waals surface area contributed by atoms with E-state index in [1.807, 2.05) is 60.7 Å². The van der Waals surface area contributed by atoms with Crippen LogP contribution in [0.4, 0.5) is 0 Å². The summed E-state index contributed by atoms with van der Waals surface area (Å²) in [6.45, 7) is 0. The fourth-order valence-electron chi connectivity index (χ4n) is 4.71. The predicted molar refractivity (Wildman–Crippen MR) is 154 cm³/mol. The maximum Gasteiger partial charge on any atom is 2.00 e. The minimum Gasteiger partial charge on any atom is -0.317 e. The standard InChI is InChI=1S/C20H17.C16H13.Zr/c1-3-7-19-15(5-1)9-11-17(19)13-14-18-12-10-16-6-2-4-8-20(16)18;1-3-9-15(10-4-1)13-7-8-14-16-11-5-2-6-12-16;/h1-13,17-18H,14H2;1-13H;/q2*-1;+2. The van der Waals surface area contributed by atoms with Crippen molar-refractivity contribution in [1.82, 2.24) is 0 Å². The van der Waals surface area contributed by atoms with Crippen molar-refractivity contribution < 1.29 is 26.2 Å². The molecule has 0 fully saturated rings. The van der Waals surface area contributed by atoms with Crippen molar-refractivity contribution in [3.8, 4) is 0 Å². The van der Waals surface area contributed by atoms with Crippen molar-refractivity contribution >= 4 is 18.2 Å². The van der Waals surface area contributed by atoms with Crippen LogP contribution in [0.3, 0.4) is 0 Å². The summed E-state index contributed by atoms with van der Waals surface area (Å²) in [6.07, 6.45) is 21.9. The second-order valence-corrected chi connectivity index (χ2v) is 9.03. The number of benzene rings is 4. The summed E-state index contributed by atoms with van der Waals surface area (Å²) < 4.78 is 0. The van der Waals surface area contributed by atoms with Gasteiger partial charge in [-0.25, -0.2) is 0 Å². The molecule has 2 aliphatic carbocycles. The number of hydrogen-bond donors (Lipinski definition) is 0. The fraction of sp³-hybridized carbons (Fsp3) is 0.0833. The van der Waals surface area contributed by atoms with E-state index in [0.29, 0.717) is 11.8 Å². The van der Waals surface area contributed by atoms with Gasteiger partial charge < -0.3 is 6.42 Å². The summed E-state index contributed by atoms with van der Waals surface area (Å²) in [4.78, 5) is 0. The van der Waals surface area contributed by atoms with E-state index < -0.39 is 0 Å². The van der Waals surface area contributed by atoms with Crippen LogP contribution in [-0.2, 0) is 26.2 Å². The first-order chi connectivity index (χ1) is 17.9. The van der Waals surface area contributed by atoms with E-state index in [1.54, 1.807) is 0 Å². The van der Waals surface area contributed by atoms with Gasteiger partial charge in [0.2, 0.25) is 0 Å². The van der Waals surface area contributed by atoms with Gasteiger partial charge in [0.15, 0.2) is 0 Å². The Labute approximate surface area is 240 Å². The molecule has 0 bridgehead atoms. The molecule has 0 nitrogen and oxygen atoms in total. The molecule has 178 valence electrons. The molecule has 4 aromatic carbocycles. The number of hydrogen-bond acceptors (Lipinski definition) is 0. The van der Waals surface area contributed by atoms with Gasteiger partial charge in [0, 0.05) is 0 Å². The van der Waals surface area contributed by atoms with Gasteiger partial charge in [-0.3, -0.25) is 0 Å². The van der Waals surface area contributed by atoms with Gasteiger partial charge >= 0.3 is 26.2 Å². The molecule has 2 unspecified atom stereocenters. The van der Waals surface area contributed by atoms with Gasteiger partial charge in [-0.1, -0.05) is 115 Å². The minimum absolute atomic E-state index is 0. The Bertz CT molecular complexity index is 1270. The molecule has 0 aromatic heterocycles. The zero-order valence-electron chi connectivity index (χ0n) is 20.9. The topological polar surface area (TPSA) is 0 Å². The molecule has 0 N–H and O–H groups in total. The third-order valence-corrected chi connectivity index (χ3v) is 6.59. The Morgan fingerprint density at radius 3 is 2.00 bits per heavy atom. The molecule has 0 spiro atoms. The zero-order chi connectivity index (χ0) is 24.4. The molecule has 2 atom stereocenters. The summed E-state index contributed by atoms with van der Waals surface area (Å²) >= 11 is 0. The normalized spacial score (nSPS) is 16.8. The van der Waals surface area contributed by atoms with E-state index in [2.05, 4.69) is 104 Å². The van der Waals surface area contributed by atoms with Crippen LogP contribution in [0, 0.1) is 12.5 Å². The van der Waals surface area contributed by atoms with Crippen LogP contribution in [-0.4, -0.2) is 0 Å². The summed E-state index contributed by atoms with van der Waals surface area (Å²) in [6, 6.07) is 37.7. The second-order valence-electron chi connectivity index (χ2n) is 9.03. The van der Waals surface area contributed by atoms with Gasteiger partial charge in [-0.2, -0.15) is 6.42 Å². The number of rotatable bonds is 6. The Morgan fingerprint density at radius 1 is 0.649 bits per heavy atom. The molecule has 0 amide bonds. The minimum atomic E-state index is 0. The van der Waals surface area contributed by atoms with E-state index in [0.717, 1.165) is 12.0 Å². The van der Waals surface area contributed by atoms with Gasteiger partial charge in [0.1, 0.15) is 0 Å². The molecule has 0 aliphatic heterocycles. The van der Waals surface area contributed by atoms with Crippen molar-refractivity contribution in [3.05, 3.63) is 179 Å². The summed E-state index contributed by atoms with van der Waals surface area (Å²) in [5.74, 6) is 1.03. The zero-order valence-corrected chi connectivity index (χ0v) is 23.3. The van der Waals surface area contributed by atoms with Crippen LogP contribution < -0.4 is 0 Å². The first-order valence-corrected chi connectivity index (χ1v) is 12.6. The Morgan fingerprint density at radius 2 is 1.24 bits per heavy atom. The Balaban J connectivity index is 0.000000173. The van der Waals surface area contributed by atoms with Crippen LogP contribution in [0.1, 0.15) is 51.6 Å². The molecule has 0 saturated carbocycles. The van der Waals surface area contributed by atoms with Crippen molar-refractivity contribution in [2.45, 2.75) is 18.3 Å². The molecule has 1 heteroatoms. The molecule has 2 aliphatic rings. The van der Waals surface area contributed by atoms with Crippen LogP contribution in [0.2, 0.25) is 0 Å². The second kappa shape index (κ2) is 13.9. The van der Waals surface area contributed by atoms with E-state index in [4.69, 9.17) is 0 Å². The first-order valence-electron chi connectivity index (χ1n) is 12.6. The van der Waals surface area contributed by atoms with Crippen molar-refractivity contribution in [2.75, 3.05) is 0 Å². The van der Waals surface area contributed by atoms with Gasteiger partial charge in [0.05, 0.1) is 0 Å². The van der Waals surface area contributed by atoms with E-state index in [-0.39, 0.29) is 26.2 Å². The maximum absolute atomic E-state index is 3.20. The van der Waals surface area contributed by atoms with Gasteiger partial charge in [-0.05, 0) is 28.2 Å².